The Bertz CT molecular complexity index is 1400. The van der Waals surface area contributed by atoms with Crippen molar-refractivity contribution in [1.82, 2.24) is 10.2 Å². The molecule has 42 heavy (non-hydrogen) atoms. The van der Waals surface area contributed by atoms with E-state index in [4.69, 9.17) is 34.8 Å². The Kier molecular flexibility index (Phi) is 12.7. The van der Waals surface area contributed by atoms with Gasteiger partial charge in [-0.3, -0.25) is 9.69 Å². The standard InChI is InChI=1S/C28H24Cl3F7N2O2/c1-3-22(29)25(31)23(30)11-8-16(28(36,37)38)12-24(32)20-9-10-21(19-7-5-4-6-18(19)20)26(42)39-17(14-41)13-40(2)15-27(33,34)35/h3-7,9-12,14,16-17H,1,8,13,15H2,2H3,(H,39,42)/b23-11+,24-12-,25-22-. The van der Waals surface area contributed by atoms with E-state index < -0.39 is 55.6 Å². The zero-order valence-electron chi connectivity index (χ0n) is 21.8. The summed E-state index contributed by atoms with van der Waals surface area (Å²) in [5.74, 6) is -4.41. The van der Waals surface area contributed by atoms with Crippen molar-refractivity contribution in [3.63, 3.8) is 0 Å². The number of hydrogen-bond acceptors (Lipinski definition) is 3. The van der Waals surface area contributed by atoms with Gasteiger partial charge in [-0.1, -0.05) is 77.8 Å². The third-order valence-corrected chi connectivity index (χ3v) is 7.07. The SMILES string of the molecule is C=C/C(Cl)=C(Cl)\C(Cl)=C/CC(/C=C(\F)c1ccc(C(=O)NC(C=O)CN(C)CC(F)(F)F)c2ccccc12)C(F)(F)F. The van der Waals surface area contributed by atoms with Crippen LogP contribution in [0.4, 0.5) is 30.7 Å². The van der Waals surface area contributed by atoms with Crippen LogP contribution < -0.4 is 5.32 Å². The highest BCUT2D eigenvalue weighted by Gasteiger charge is 2.38. The van der Waals surface area contributed by atoms with Gasteiger partial charge in [0.25, 0.3) is 5.91 Å². The van der Waals surface area contributed by atoms with E-state index in [1.54, 1.807) is 0 Å². The molecule has 0 heterocycles. The lowest BCUT2D eigenvalue weighted by Gasteiger charge is -2.22. The molecule has 14 heteroatoms. The predicted octanol–water partition coefficient (Wildman–Crippen LogP) is 8.51. The fourth-order valence-electron chi connectivity index (χ4n) is 3.87. The van der Waals surface area contributed by atoms with Crippen molar-refractivity contribution in [2.45, 2.75) is 24.8 Å². The minimum Gasteiger partial charge on any atom is -0.341 e. The Hall–Kier alpha value is -2.86. The van der Waals surface area contributed by atoms with Crippen LogP contribution in [0, 0.1) is 5.92 Å². The number of hydrogen-bond donors (Lipinski definition) is 1. The van der Waals surface area contributed by atoms with Crippen molar-refractivity contribution in [2.24, 2.45) is 5.92 Å². The van der Waals surface area contributed by atoms with Crippen molar-refractivity contribution in [3.05, 3.63) is 87.4 Å². The molecule has 0 aliphatic heterocycles. The maximum atomic E-state index is 15.4. The number of fused-ring (bicyclic) bond motifs is 1. The van der Waals surface area contributed by atoms with Gasteiger partial charge in [0.15, 0.2) is 0 Å². The first-order valence-corrected chi connectivity index (χ1v) is 13.1. The van der Waals surface area contributed by atoms with Crippen LogP contribution in [0.5, 0.6) is 0 Å². The van der Waals surface area contributed by atoms with Gasteiger partial charge in [-0.05, 0) is 42.5 Å². The fraction of sp³-hybridized carbons (Fsp3) is 0.286. The van der Waals surface area contributed by atoms with E-state index in [2.05, 4.69) is 11.9 Å². The second-order valence-corrected chi connectivity index (χ2v) is 10.2. The minimum absolute atomic E-state index is 0.0740. The van der Waals surface area contributed by atoms with E-state index in [0.29, 0.717) is 6.08 Å². The average Bonchev–Trinajstić information content (AvgIpc) is 2.91. The molecule has 228 valence electrons. The summed E-state index contributed by atoms with van der Waals surface area (Å²) >= 11 is 17.6. The van der Waals surface area contributed by atoms with Crippen molar-refractivity contribution in [2.75, 3.05) is 20.1 Å². The van der Waals surface area contributed by atoms with Crippen LogP contribution in [0.1, 0.15) is 22.3 Å². The quantitative estimate of drug-likeness (QED) is 0.141. The van der Waals surface area contributed by atoms with Crippen LogP contribution >= 0.6 is 34.8 Å². The molecule has 2 atom stereocenters. The van der Waals surface area contributed by atoms with Gasteiger partial charge in [0.05, 0.1) is 33.6 Å². The molecular weight excluding hydrogens is 636 g/mol. The zero-order valence-corrected chi connectivity index (χ0v) is 24.1. The summed E-state index contributed by atoms with van der Waals surface area (Å²) < 4.78 is 94.6. The van der Waals surface area contributed by atoms with Crippen LogP contribution in [0.15, 0.2) is 76.3 Å². The van der Waals surface area contributed by atoms with Gasteiger partial charge >= 0.3 is 12.4 Å². The average molecular weight is 660 g/mol. The Labute approximate surface area is 252 Å². The van der Waals surface area contributed by atoms with E-state index in [9.17, 15) is 35.9 Å². The topological polar surface area (TPSA) is 49.4 Å². The normalized spacial score (nSPS) is 15.3. The first-order chi connectivity index (χ1) is 19.5. The van der Waals surface area contributed by atoms with Gasteiger partial charge in [0.1, 0.15) is 12.1 Å². The number of benzene rings is 2. The number of alkyl halides is 6. The summed E-state index contributed by atoms with van der Waals surface area (Å²) in [4.78, 5) is 25.2. The van der Waals surface area contributed by atoms with Gasteiger partial charge in [-0.15, -0.1) is 0 Å². The third-order valence-electron chi connectivity index (χ3n) is 5.78. The number of nitrogens with zero attached hydrogens (tertiary/aromatic N) is 1. The van der Waals surface area contributed by atoms with Crippen LogP contribution in [-0.4, -0.2) is 55.6 Å². The Morgan fingerprint density at radius 2 is 1.60 bits per heavy atom. The predicted molar refractivity (Wildman–Crippen MR) is 151 cm³/mol. The van der Waals surface area contributed by atoms with E-state index in [1.807, 2.05) is 0 Å². The Balaban J connectivity index is 2.42. The molecule has 0 saturated carbocycles. The smallest absolute Gasteiger partial charge is 0.341 e. The largest absolute Gasteiger partial charge is 0.401 e. The van der Waals surface area contributed by atoms with E-state index >= 15 is 4.39 Å². The Morgan fingerprint density at radius 3 is 2.12 bits per heavy atom. The number of nitrogens with one attached hydrogen (secondary N) is 1. The number of amides is 1. The number of likely N-dealkylation sites (N-methyl/N-ethyl adjacent to an activating group) is 1. The number of carbonyl (C=O) groups excluding carboxylic acids is 2. The van der Waals surface area contributed by atoms with Crippen LogP contribution in [0.3, 0.4) is 0 Å². The van der Waals surface area contributed by atoms with Crippen molar-refractivity contribution >= 4 is 63.6 Å². The number of aldehydes is 1. The molecule has 2 rings (SSSR count). The van der Waals surface area contributed by atoms with E-state index in [1.165, 1.54) is 24.3 Å². The lowest BCUT2D eigenvalue weighted by Crippen LogP contribution is -2.45. The third kappa shape index (κ3) is 10.1. The molecule has 0 fully saturated rings. The van der Waals surface area contributed by atoms with Gasteiger partial charge < -0.3 is 10.1 Å². The van der Waals surface area contributed by atoms with Crippen molar-refractivity contribution in [1.29, 1.82) is 0 Å². The number of halogens is 10. The zero-order chi connectivity index (χ0) is 31.8. The molecule has 2 unspecified atom stereocenters. The van der Waals surface area contributed by atoms with Gasteiger partial charge in [-0.25, -0.2) is 4.39 Å². The minimum atomic E-state index is -4.87. The molecule has 0 saturated heterocycles. The van der Waals surface area contributed by atoms with Crippen LogP contribution in [0.25, 0.3) is 16.6 Å². The van der Waals surface area contributed by atoms with Gasteiger partial charge in [0, 0.05) is 17.7 Å². The Morgan fingerprint density at radius 1 is 1.02 bits per heavy atom. The van der Waals surface area contributed by atoms with Crippen molar-refractivity contribution < 1.29 is 40.3 Å². The monoisotopic (exact) mass is 658 g/mol. The van der Waals surface area contributed by atoms with Crippen molar-refractivity contribution in [3.8, 4) is 0 Å². The molecule has 1 amide bonds. The number of allylic oxidation sites excluding steroid dienone is 6. The summed E-state index contributed by atoms with van der Waals surface area (Å²) in [5, 5.41) is 1.91. The molecule has 1 N–H and O–H groups in total. The molecule has 4 nitrogen and oxygen atoms in total. The summed E-state index contributed by atoms with van der Waals surface area (Å²) in [6, 6.07) is 6.69. The molecule has 0 bridgehead atoms. The van der Waals surface area contributed by atoms with Crippen LogP contribution in [-0.2, 0) is 4.79 Å². The highest BCUT2D eigenvalue weighted by Crippen LogP contribution is 2.37. The molecule has 2 aromatic rings. The lowest BCUT2D eigenvalue weighted by atomic mass is 9.96. The molecule has 2 aromatic carbocycles. The van der Waals surface area contributed by atoms with Crippen LogP contribution in [0.2, 0.25) is 0 Å². The molecule has 0 aliphatic carbocycles. The molecule has 0 spiro atoms. The second kappa shape index (κ2) is 15.0. The summed E-state index contributed by atoms with van der Waals surface area (Å²) in [6.45, 7) is 1.62. The lowest BCUT2D eigenvalue weighted by molar-refractivity contribution is -0.160. The van der Waals surface area contributed by atoms with Gasteiger partial charge in [0.2, 0.25) is 0 Å². The summed E-state index contributed by atoms with van der Waals surface area (Å²) in [6.07, 6.45) is -7.44. The first-order valence-electron chi connectivity index (χ1n) is 12.0. The highest BCUT2D eigenvalue weighted by molar-refractivity contribution is 6.48. The second-order valence-electron chi connectivity index (χ2n) is 9.05. The maximum Gasteiger partial charge on any atom is 0.401 e. The summed E-state index contributed by atoms with van der Waals surface area (Å²) in [5.41, 5.74) is -0.328. The summed E-state index contributed by atoms with van der Waals surface area (Å²) in [7, 11) is 1.12. The fourth-order valence-corrected chi connectivity index (χ4v) is 4.36. The molecule has 0 aliphatic rings. The number of carbonyl (C=O) groups is 2. The molecule has 0 radical (unpaired) electrons. The molecule has 0 aromatic heterocycles. The van der Waals surface area contributed by atoms with E-state index in [0.717, 1.165) is 36.2 Å². The van der Waals surface area contributed by atoms with E-state index in [-0.39, 0.29) is 43.3 Å². The molecular formula is C28H24Cl3F7N2O2. The van der Waals surface area contributed by atoms with Gasteiger partial charge in [-0.2, -0.15) is 26.3 Å². The highest BCUT2D eigenvalue weighted by atomic mass is 35.5. The number of rotatable bonds is 12. The maximum absolute atomic E-state index is 15.4. The first kappa shape index (κ1) is 35.3.